The van der Waals surface area contributed by atoms with Crippen molar-refractivity contribution in [2.45, 2.75) is 25.8 Å². The molecule has 0 saturated carbocycles. The molecule has 0 aliphatic rings. The Morgan fingerprint density at radius 3 is 2.39 bits per heavy atom. The molecule has 1 amide bonds. The molecule has 0 fully saturated rings. The minimum absolute atomic E-state index is 0.430. The number of carboxylic acid groups (broad SMARTS) is 1. The van der Waals surface area contributed by atoms with Crippen LogP contribution >= 0.6 is 23.2 Å². The average Bonchev–Trinajstić information content (AvgIpc) is 2.64. The molecule has 0 atom stereocenters. The summed E-state index contributed by atoms with van der Waals surface area (Å²) in [4.78, 5) is 24.3. The van der Waals surface area contributed by atoms with Crippen LogP contribution in [0.1, 0.15) is 35.3 Å². The van der Waals surface area contributed by atoms with E-state index in [-0.39, 0.29) is 0 Å². The van der Waals surface area contributed by atoms with Crippen molar-refractivity contribution in [3.63, 3.8) is 0 Å². The number of amides is 1. The lowest BCUT2D eigenvalue weighted by molar-refractivity contribution is -0.143. The first-order chi connectivity index (χ1) is 13.2. The Hall–Kier alpha value is -2.56. The summed E-state index contributed by atoms with van der Waals surface area (Å²) >= 11 is 12.2. The van der Waals surface area contributed by atoms with Gasteiger partial charge >= 0.3 is 5.97 Å². The van der Waals surface area contributed by atoms with E-state index in [1.807, 2.05) is 36.4 Å². The zero-order valence-electron chi connectivity index (χ0n) is 15.4. The van der Waals surface area contributed by atoms with E-state index >= 15 is 0 Å². The van der Waals surface area contributed by atoms with E-state index in [0.29, 0.717) is 22.0 Å². The van der Waals surface area contributed by atoms with Crippen molar-refractivity contribution >= 4 is 45.9 Å². The van der Waals surface area contributed by atoms with Gasteiger partial charge in [0.15, 0.2) is 0 Å². The van der Waals surface area contributed by atoms with Gasteiger partial charge in [0.1, 0.15) is 5.54 Å². The first kappa shape index (κ1) is 20.2. The van der Waals surface area contributed by atoms with Crippen LogP contribution in [0.2, 0.25) is 10.0 Å². The monoisotopic (exact) mass is 415 g/mol. The second-order valence-electron chi connectivity index (χ2n) is 7.12. The third-order valence-electron chi connectivity index (χ3n) is 4.61. The van der Waals surface area contributed by atoms with Crippen LogP contribution in [0.25, 0.3) is 10.8 Å². The van der Waals surface area contributed by atoms with Gasteiger partial charge in [-0.2, -0.15) is 0 Å². The molecule has 0 aromatic heterocycles. The lowest BCUT2D eigenvalue weighted by Gasteiger charge is -2.22. The van der Waals surface area contributed by atoms with Crippen LogP contribution in [0.15, 0.2) is 54.6 Å². The summed E-state index contributed by atoms with van der Waals surface area (Å²) in [6, 6.07) is 16.7. The van der Waals surface area contributed by atoms with Crippen LogP contribution in [-0.2, 0) is 11.2 Å². The number of carboxylic acids is 1. The number of carbonyl (C=O) groups excluding carboxylic acids is 1. The second kappa shape index (κ2) is 7.82. The molecule has 0 radical (unpaired) electrons. The van der Waals surface area contributed by atoms with Crippen LogP contribution < -0.4 is 5.32 Å². The number of halogens is 2. The summed E-state index contributed by atoms with van der Waals surface area (Å²) in [6.45, 7) is 2.90. The van der Waals surface area contributed by atoms with Gasteiger partial charge in [0.05, 0.1) is 10.0 Å². The van der Waals surface area contributed by atoms with E-state index in [0.717, 1.165) is 21.9 Å². The molecule has 0 aliphatic carbocycles. The minimum atomic E-state index is -1.39. The molecule has 0 aliphatic heterocycles. The Morgan fingerprint density at radius 1 is 1.00 bits per heavy atom. The van der Waals surface area contributed by atoms with Crippen LogP contribution in [-0.4, -0.2) is 22.5 Å². The van der Waals surface area contributed by atoms with Crippen LogP contribution in [0.4, 0.5) is 0 Å². The highest BCUT2D eigenvalue weighted by Crippen LogP contribution is 2.28. The average molecular weight is 416 g/mol. The Morgan fingerprint density at radius 2 is 1.71 bits per heavy atom. The molecule has 6 heteroatoms. The number of carbonyl (C=O) groups is 2. The highest BCUT2D eigenvalue weighted by Gasteiger charge is 2.30. The largest absolute Gasteiger partial charge is 0.480 e. The van der Waals surface area contributed by atoms with Gasteiger partial charge in [-0.1, -0.05) is 59.6 Å². The molecule has 4 nitrogen and oxygen atoms in total. The molecule has 3 aromatic carbocycles. The number of hydrogen-bond donors (Lipinski definition) is 2. The van der Waals surface area contributed by atoms with E-state index in [1.54, 1.807) is 18.2 Å². The summed E-state index contributed by atoms with van der Waals surface area (Å²) < 4.78 is 0. The highest BCUT2D eigenvalue weighted by atomic mass is 35.5. The summed E-state index contributed by atoms with van der Waals surface area (Å²) in [5.74, 6) is -1.54. The fourth-order valence-electron chi connectivity index (χ4n) is 3.00. The van der Waals surface area contributed by atoms with Crippen molar-refractivity contribution < 1.29 is 14.7 Å². The zero-order chi connectivity index (χ0) is 20.5. The van der Waals surface area contributed by atoms with Crippen molar-refractivity contribution in [1.82, 2.24) is 5.32 Å². The topological polar surface area (TPSA) is 66.4 Å². The number of aliphatic carboxylic acids is 1. The van der Waals surface area contributed by atoms with Gasteiger partial charge in [-0.15, -0.1) is 0 Å². The number of hydrogen-bond acceptors (Lipinski definition) is 2. The maximum absolute atomic E-state index is 12.9. The van der Waals surface area contributed by atoms with E-state index < -0.39 is 17.4 Å². The second-order valence-corrected chi connectivity index (χ2v) is 7.94. The van der Waals surface area contributed by atoms with Crippen molar-refractivity contribution in [2.24, 2.45) is 0 Å². The number of fused-ring (bicyclic) bond motifs is 1. The lowest BCUT2D eigenvalue weighted by Crippen LogP contribution is -2.49. The van der Waals surface area contributed by atoms with Gasteiger partial charge in [-0.25, -0.2) is 4.79 Å². The molecule has 3 aromatic rings. The fraction of sp³-hybridized carbons (Fsp3) is 0.182. The Balaban J connectivity index is 2.10. The Labute approximate surface area is 173 Å². The van der Waals surface area contributed by atoms with E-state index in [1.165, 1.54) is 13.8 Å². The molecule has 0 spiro atoms. The summed E-state index contributed by atoms with van der Waals surface area (Å²) in [5, 5.41) is 14.7. The molecule has 2 N–H and O–H groups in total. The number of nitrogens with one attached hydrogen (secondary N) is 1. The molecule has 0 unspecified atom stereocenters. The van der Waals surface area contributed by atoms with Gasteiger partial charge in [0, 0.05) is 5.56 Å². The van der Waals surface area contributed by atoms with Crippen LogP contribution in [0.3, 0.4) is 0 Å². The summed E-state index contributed by atoms with van der Waals surface area (Å²) in [7, 11) is 0. The van der Waals surface area contributed by atoms with Gasteiger partial charge in [-0.05, 0) is 60.4 Å². The maximum atomic E-state index is 12.9. The Kier molecular flexibility index (Phi) is 5.64. The van der Waals surface area contributed by atoms with E-state index in [2.05, 4.69) is 5.32 Å². The molecule has 3 rings (SSSR count). The van der Waals surface area contributed by atoms with E-state index in [9.17, 15) is 14.7 Å². The maximum Gasteiger partial charge on any atom is 0.328 e. The fourth-order valence-corrected chi connectivity index (χ4v) is 3.32. The molecular weight excluding hydrogens is 397 g/mol. The predicted octanol–water partition coefficient (Wildman–Crippen LogP) is 5.33. The van der Waals surface area contributed by atoms with Gasteiger partial charge in [-0.3, -0.25) is 4.79 Å². The molecule has 144 valence electrons. The summed E-state index contributed by atoms with van der Waals surface area (Å²) in [6.07, 6.45) is 0.453. The highest BCUT2D eigenvalue weighted by molar-refractivity contribution is 6.42. The van der Waals surface area contributed by atoms with Crippen molar-refractivity contribution in [3.05, 3.63) is 81.3 Å². The number of rotatable bonds is 5. The molecular formula is C22H19Cl2NO3. The van der Waals surface area contributed by atoms with Crippen molar-refractivity contribution in [1.29, 1.82) is 0 Å². The smallest absolute Gasteiger partial charge is 0.328 e. The van der Waals surface area contributed by atoms with Gasteiger partial charge < -0.3 is 10.4 Å². The molecule has 0 bridgehead atoms. The van der Waals surface area contributed by atoms with Crippen LogP contribution in [0.5, 0.6) is 0 Å². The zero-order valence-corrected chi connectivity index (χ0v) is 16.9. The predicted molar refractivity (Wildman–Crippen MR) is 112 cm³/mol. The van der Waals surface area contributed by atoms with Crippen molar-refractivity contribution in [2.75, 3.05) is 0 Å². The lowest BCUT2D eigenvalue weighted by atomic mass is 9.92. The van der Waals surface area contributed by atoms with Gasteiger partial charge in [0.25, 0.3) is 5.91 Å². The first-order valence-corrected chi connectivity index (χ1v) is 9.45. The van der Waals surface area contributed by atoms with Gasteiger partial charge in [0.2, 0.25) is 0 Å². The molecule has 0 heterocycles. The SMILES string of the molecule is CC(C)(NC(=O)c1ccc2ccccc2c1Cc1ccc(Cl)c(Cl)c1)C(=O)O. The molecule has 0 saturated heterocycles. The third kappa shape index (κ3) is 4.13. The molecule has 28 heavy (non-hydrogen) atoms. The van der Waals surface area contributed by atoms with E-state index in [4.69, 9.17) is 23.2 Å². The quantitative estimate of drug-likeness (QED) is 0.591. The Bertz CT molecular complexity index is 1080. The van der Waals surface area contributed by atoms with Crippen molar-refractivity contribution in [3.8, 4) is 0 Å². The third-order valence-corrected chi connectivity index (χ3v) is 5.35. The minimum Gasteiger partial charge on any atom is -0.480 e. The van der Waals surface area contributed by atoms with Crippen LogP contribution in [0, 0.1) is 0 Å². The number of benzene rings is 3. The first-order valence-electron chi connectivity index (χ1n) is 8.69. The summed E-state index contributed by atoms with van der Waals surface area (Å²) in [5.41, 5.74) is 0.746. The standard InChI is InChI=1S/C22H19Cl2NO3/c1-22(2,21(27)28)25-20(26)16-9-8-14-5-3-4-6-15(14)17(16)11-13-7-10-18(23)19(24)12-13/h3-10,12H,11H2,1-2H3,(H,25,26)(H,27,28). The normalized spacial score (nSPS) is 11.4.